The van der Waals surface area contributed by atoms with Gasteiger partial charge in [-0.1, -0.05) is 11.6 Å². The minimum Gasteiger partial charge on any atom is -0.496 e. The van der Waals surface area contributed by atoms with E-state index in [1.807, 2.05) is 26.1 Å². The Morgan fingerprint density at radius 3 is 2.89 bits per heavy atom. The summed E-state index contributed by atoms with van der Waals surface area (Å²) < 4.78 is 5.35. The number of methoxy groups -OCH3 is 1. The molecule has 0 bridgehead atoms. The number of nitrogens with zero attached hydrogens (tertiary/aromatic N) is 1. The van der Waals surface area contributed by atoms with Crippen LogP contribution >= 0.6 is 11.6 Å². The summed E-state index contributed by atoms with van der Waals surface area (Å²) in [7, 11) is 3.53. The van der Waals surface area contributed by atoms with Gasteiger partial charge in [0.2, 0.25) is 0 Å². The van der Waals surface area contributed by atoms with E-state index in [-0.39, 0.29) is 0 Å². The van der Waals surface area contributed by atoms with Gasteiger partial charge in [-0.05, 0) is 32.2 Å². The number of halogens is 1. The number of nitrogens with one attached hydrogen (secondary N) is 2. The average molecular weight is 266 g/mol. The summed E-state index contributed by atoms with van der Waals surface area (Å²) in [5, 5.41) is 3.73. The Hall–Kier alpha value is -1.52. The second-order valence-corrected chi connectivity index (χ2v) is 4.47. The topological polar surface area (TPSA) is 49.9 Å². The van der Waals surface area contributed by atoms with Crippen molar-refractivity contribution < 1.29 is 4.74 Å². The highest BCUT2D eigenvalue weighted by molar-refractivity contribution is 6.31. The van der Waals surface area contributed by atoms with E-state index < -0.39 is 0 Å². The third-order valence-corrected chi connectivity index (χ3v) is 2.93. The molecule has 0 fully saturated rings. The van der Waals surface area contributed by atoms with E-state index in [1.54, 1.807) is 13.2 Å². The first-order valence-corrected chi connectivity index (χ1v) is 6.07. The van der Waals surface area contributed by atoms with Crippen LogP contribution in [0.5, 0.6) is 5.75 Å². The van der Waals surface area contributed by atoms with Crippen LogP contribution in [0.15, 0.2) is 18.2 Å². The van der Waals surface area contributed by atoms with Crippen molar-refractivity contribution in [2.45, 2.75) is 13.5 Å². The van der Waals surface area contributed by atoms with Gasteiger partial charge in [0, 0.05) is 16.3 Å². The summed E-state index contributed by atoms with van der Waals surface area (Å²) in [5.41, 5.74) is 2.78. The molecule has 2 N–H and O–H groups in total. The molecule has 0 aliphatic heterocycles. The van der Waals surface area contributed by atoms with Crippen molar-refractivity contribution in [1.82, 2.24) is 15.3 Å². The molecule has 0 aliphatic carbocycles. The van der Waals surface area contributed by atoms with Crippen LogP contribution in [-0.2, 0) is 6.54 Å². The Morgan fingerprint density at radius 2 is 2.22 bits per heavy atom. The SMILES string of the molecule is CNCc1nc(-c2cc(Cl)ccc2OC)c(C)[nH]1. The van der Waals surface area contributed by atoms with E-state index in [1.165, 1.54) is 0 Å². The fourth-order valence-corrected chi connectivity index (χ4v) is 2.07. The van der Waals surface area contributed by atoms with E-state index in [4.69, 9.17) is 16.3 Å². The number of benzene rings is 1. The Balaban J connectivity index is 2.50. The maximum Gasteiger partial charge on any atom is 0.128 e. The Kier molecular flexibility index (Phi) is 3.89. The predicted molar refractivity (Wildman–Crippen MR) is 73.1 cm³/mol. The summed E-state index contributed by atoms with van der Waals surface area (Å²) in [4.78, 5) is 7.81. The van der Waals surface area contributed by atoms with Crippen molar-refractivity contribution >= 4 is 11.6 Å². The van der Waals surface area contributed by atoms with Gasteiger partial charge in [-0.2, -0.15) is 0 Å². The Bertz CT molecular complexity index is 551. The van der Waals surface area contributed by atoms with E-state index in [0.717, 1.165) is 28.5 Å². The van der Waals surface area contributed by atoms with Crippen molar-refractivity contribution in [1.29, 1.82) is 0 Å². The molecule has 0 spiro atoms. The lowest BCUT2D eigenvalue weighted by Crippen LogP contribution is -2.06. The molecule has 4 nitrogen and oxygen atoms in total. The quantitative estimate of drug-likeness (QED) is 0.894. The molecule has 5 heteroatoms. The first-order chi connectivity index (χ1) is 8.65. The molecule has 1 aromatic carbocycles. The van der Waals surface area contributed by atoms with Crippen LogP contribution in [0.3, 0.4) is 0 Å². The number of rotatable bonds is 4. The fraction of sp³-hybridized carbons (Fsp3) is 0.308. The Morgan fingerprint density at radius 1 is 1.44 bits per heavy atom. The number of imidazole rings is 1. The molecular formula is C13H16ClN3O. The Labute approximate surface area is 111 Å². The average Bonchev–Trinajstić information content (AvgIpc) is 2.70. The van der Waals surface area contributed by atoms with Gasteiger partial charge in [0.15, 0.2) is 0 Å². The smallest absolute Gasteiger partial charge is 0.128 e. The zero-order valence-electron chi connectivity index (χ0n) is 10.7. The van der Waals surface area contributed by atoms with Crippen LogP contribution in [0.2, 0.25) is 5.02 Å². The van der Waals surface area contributed by atoms with Crippen molar-refractivity contribution in [2.24, 2.45) is 0 Å². The summed E-state index contributed by atoms with van der Waals surface area (Å²) in [6.07, 6.45) is 0. The molecule has 18 heavy (non-hydrogen) atoms. The van der Waals surface area contributed by atoms with Gasteiger partial charge < -0.3 is 15.0 Å². The molecule has 0 unspecified atom stereocenters. The molecule has 1 heterocycles. The van der Waals surface area contributed by atoms with Gasteiger partial charge in [-0.15, -0.1) is 0 Å². The number of aryl methyl sites for hydroxylation is 1. The number of hydrogen-bond acceptors (Lipinski definition) is 3. The zero-order chi connectivity index (χ0) is 13.1. The summed E-state index contributed by atoms with van der Waals surface area (Å²) in [6, 6.07) is 5.52. The highest BCUT2D eigenvalue weighted by atomic mass is 35.5. The van der Waals surface area contributed by atoms with Gasteiger partial charge in [0.25, 0.3) is 0 Å². The largest absolute Gasteiger partial charge is 0.496 e. The van der Waals surface area contributed by atoms with Gasteiger partial charge in [-0.25, -0.2) is 4.98 Å². The minimum atomic E-state index is 0.670. The number of hydrogen-bond donors (Lipinski definition) is 2. The van der Waals surface area contributed by atoms with Gasteiger partial charge in [-0.3, -0.25) is 0 Å². The molecular weight excluding hydrogens is 250 g/mol. The monoisotopic (exact) mass is 265 g/mol. The van der Waals surface area contributed by atoms with Crippen LogP contribution in [0.4, 0.5) is 0 Å². The molecule has 2 aromatic rings. The molecule has 96 valence electrons. The third-order valence-electron chi connectivity index (χ3n) is 2.69. The van der Waals surface area contributed by atoms with E-state index in [2.05, 4.69) is 15.3 Å². The maximum absolute atomic E-state index is 6.04. The van der Waals surface area contributed by atoms with Crippen molar-refractivity contribution in [3.63, 3.8) is 0 Å². The van der Waals surface area contributed by atoms with E-state index >= 15 is 0 Å². The number of H-pyrrole nitrogens is 1. The van der Waals surface area contributed by atoms with Gasteiger partial charge in [0.1, 0.15) is 11.6 Å². The molecule has 2 rings (SSSR count). The highest BCUT2D eigenvalue weighted by Crippen LogP contribution is 2.33. The maximum atomic E-state index is 6.04. The number of ether oxygens (including phenoxy) is 1. The lowest BCUT2D eigenvalue weighted by molar-refractivity contribution is 0.416. The first kappa shape index (κ1) is 12.9. The third kappa shape index (κ3) is 2.49. The van der Waals surface area contributed by atoms with Crippen molar-refractivity contribution in [3.8, 4) is 17.0 Å². The van der Waals surface area contributed by atoms with Crippen LogP contribution in [0, 0.1) is 6.92 Å². The van der Waals surface area contributed by atoms with Crippen LogP contribution < -0.4 is 10.1 Å². The fourth-order valence-electron chi connectivity index (χ4n) is 1.90. The molecule has 0 aliphatic rings. The standard InChI is InChI=1S/C13H16ClN3O/c1-8-13(17-12(16-8)7-15-2)10-6-9(14)4-5-11(10)18-3/h4-6,15H,7H2,1-3H3,(H,16,17). The molecule has 0 saturated carbocycles. The molecule has 0 saturated heterocycles. The van der Waals surface area contributed by atoms with E-state index in [9.17, 15) is 0 Å². The second kappa shape index (κ2) is 5.42. The highest BCUT2D eigenvalue weighted by Gasteiger charge is 2.13. The number of aromatic amines is 1. The van der Waals surface area contributed by atoms with Gasteiger partial charge in [0.05, 0.1) is 19.3 Å². The van der Waals surface area contributed by atoms with Crippen LogP contribution in [-0.4, -0.2) is 24.1 Å². The van der Waals surface area contributed by atoms with Crippen LogP contribution in [0.1, 0.15) is 11.5 Å². The van der Waals surface area contributed by atoms with Crippen LogP contribution in [0.25, 0.3) is 11.3 Å². The minimum absolute atomic E-state index is 0.670. The summed E-state index contributed by atoms with van der Waals surface area (Å²) >= 11 is 6.04. The van der Waals surface area contributed by atoms with Crippen molar-refractivity contribution in [3.05, 3.63) is 34.7 Å². The summed E-state index contributed by atoms with van der Waals surface area (Å²) in [5.74, 6) is 1.66. The van der Waals surface area contributed by atoms with E-state index in [0.29, 0.717) is 11.6 Å². The normalized spacial score (nSPS) is 10.7. The second-order valence-electron chi connectivity index (χ2n) is 4.03. The van der Waals surface area contributed by atoms with Gasteiger partial charge >= 0.3 is 0 Å². The lowest BCUT2D eigenvalue weighted by atomic mass is 10.1. The number of aromatic nitrogens is 2. The first-order valence-electron chi connectivity index (χ1n) is 5.69. The zero-order valence-corrected chi connectivity index (χ0v) is 11.4. The summed E-state index contributed by atoms with van der Waals surface area (Å²) in [6.45, 7) is 2.69. The molecule has 1 aromatic heterocycles. The predicted octanol–water partition coefficient (Wildman–Crippen LogP) is 2.77. The molecule has 0 amide bonds. The molecule has 0 radical (unpaired) electrons. The van der Waals surface area contributed by atoms with Crippen molar-refractivity contribution in [2.75, 3.05) is 14.2 Å². The lowest BCUT2D eigenvalue weighted by Gasteiger charge is -2.07. The molecule has 0 atom stereocenters.